The van der Waals surface area contributed by atoms with Crippen molar-refractivity contribution in [2.24, 2.45) is 0 Å². The van der Waals surface area contributed by atoms with Crippen LogP contribution in [-0.4, -0.2) is 16.1 Å². The number of aromatic nitrogens is 1. The quantitative estimate of drug-likeness (QED) is 0.935. The Hall–Kier alpha value is -1.68. The summed E-state index contributed by atoms with van der Waals surface area (Å²) in [5.74, 6) is -0.834. The van der Waals surface area contributed by atoms with Gasteiger partial charge >= 0.3 is 5.97 Å². The summed E-state index contributed by atoms with van der Waals surface area (Å²) in [5, 5.41) is 12.2. The van der Waals surface area contributed by atoms with Crippen molar-refractivity contribution in [3.05, 3.63) is 52.0 Å². The molecule has 20 heavy (non-hydrogen) atoms. The second-order valence-corrected chi connectivity index (χ2v) is 6.77. The van der Waals surface area contributed by atoms with Crippen LogP contribution in [0.2, 0.25) is 0 Å². The fraction of sp³-hybridized carbons (Fsp3) is 0.375. The highest BCUT2D eigenvalue weighted by atomic mass is 32.1. The molecule has 0 spiro atoms. The lowest BCUT2D eigenvalue weighted by molar-refractivity contribution is -0.142. The lowest BCUT2D eigenvalue weighted by Crippen LogP contribution is -2.29. The molecule has 0 radical (unpaired) electrons. The van der Waals surface area contributed by atoms with Crippen LogP contribution in [0.15, 0.2) is 35.7 Å². The van der Waals surface area contributed by atoms with Crippen molar-refractivity contribution in [1.82, 2.24) is 4.98 Å². The van der Waals surface area contributed by atoms with Gasteiger partial charge in [0, 0.05) is 10.8 Å². The smallest absolute Gasteiger partial charge is 0.315 e. The maximum atomic E-state index is 11.3. The summed E-state index contributed by atoms with van der Waals surface area (Å²) in [6.07, 6.45) is 2.19. The summed E-state index contributed by atoms with van der Waals surface area (Å²) in [6.45, 7) is 3.41. The van der Waals surface area contributed by atoms with Gasteiger partial charge in [0.15, 0.2) is 0 Å². The Morgan fingerprint density at radius 1 is 1.30 bits per heavy atom. The van der Waals surface area contributed by atoms with Gasteiger partial charge in [-0.3, -0.25) is 4.79 Å². The van der Waals surface area contributed by atoms with E-state index >= 15 is 0 Å². The van der Waals surface area contributed by atoms with Gasteiger partial charge in [-0.05, 0) is 32.3 Å². The number of thiazole rings is 1. The van der Waals surface area contributed by atoms with Crippen molar-refractivity contribution in [1.29, 1.82) is 0 Å². The van der Waals surface area contributed by atoms with E-state index in [1.807, 2.05) is 23.6 Å². The third kappa shape index (κ3) is 1.95. The molecular weight excluding hydrogens is 270 g/mol. The van der Waals surface area contributed by atoms with Crippen LogP contribution < -0.4 is 0 Å². The molecule has 0 saturated heterocycles. The maximum absolute atomic E-state index is 11.3. The minimum Gasteiger partial charge on any atom is -0.481 e. The molecule has 1 aromatic heterocycles. The molecule has 4 heteroatoms. The molecule has 0 aliphatic heterocycles. The highest BCUT2D eigenvalue weighted by Crippen LogP contribution is 2.54. The van der Waals surface area contributed by atoms with Gasteiger partial charge < -0.3 is 5.11 Å². The number of hydrogen-bond acceptors (Lipinski definition) is 3. The minimum absolute atomic E-state index is 0.0265. The maximum Gasteiger partial charge on any atom is 0.315 e. The van der Waals surface area contributed by atoms with Crippen LogP contribution in [0.3, 0.4) is 0 Å². The van der Waals surface area contributed by atoms with Gasteiger partial charge in [0.05, 0.1) is 5.69 Å². The van der Waals surface area contributed by atoms with Crippen molar-refractivity contribution >= 4 is 17.3 Å². The molecule has 1 aliphatic carbocycles. The van der Waals surface area contributed by atoms with Crippen LogP contribution >= 0.6 is 11.3 Å². The molecule has 0 atom stereocenters. The van der Waals surface area contributed by atoms with Crippen LogP contribution in [0, 0.1) is 0 Å². The molecule has 1 N–H and O–H groups in total. The van der Waals surface area contributed by atoms with Gasteiger partial charge in [-0.1, -0.05) is 30.3 Å². The van der Waals surface area contributed by atoms with Gasteiger partial charge in [-0.2, -0.15) is 0 Å². The first-order valence-corrected chi connectivity index (χ1v) is 7.60. The number of carboxylic acids is 1. The van der Waals surface area contributed by atoms with Gasteiger partial charge in [0.25, 0.3) is 0 Å². The lowest BCUT2D eigenvalue weighted by Gasteiger charge is -2.17. The average Bonchev–Trinajstić information content (AvgIpc) is 3.09. The third-order valence-electron chi connectivity index (χ3n) is 4.16. The highest BCUT2D eigenvalue weighted by Gasteiger charge is 2.49. The zero-order valence-electron chi connectivity index (χ0n) is 11.6. The molecule has 3 rings (SSSR count). The van der Waals surface area contributed by atoms with Crippen molar-refractivity contribution in [3.63, 3.8) is 0 Å². The standard InChI is InChI=1S/C16H17NO2S/c1-15(2,14(18)19)12-10-20-13(17-12)16(8-9-16)11-6-4-3-5-7-11/h3-7,10H,8-9H2,1-2H3,(H,18,19). The molecule has 1 heterocycles. The third-order valence-corrected chi connectivity index (χ3v) is 5.21. The summed E-state index contributed by atoms with van der Waals surface area (Å²) in [4.78, 5) is 16.0. The van der Waals surface area contributed by atoms with Crippen LogP contribution in [0.1, 0.15) is 43.0 Å². The number of hydrogen-bond donors (Lipinski definition) is 1. The Kier molecular flexibility index (Phi) is 2.94. The lowest BCUT2D eigenvalue weighted by atomic mass is 9.90. The van der Waals surface area contributed by atoms with E-state index in [9.17, 15) is 9.90 Å². The Morgan fingerprint density at radius 3 is 2.50 bits per heavy atom. The first kappa shape index (κ1) is 13.3. The molecular formula is C16H17NO2S. The van der Waals surface area contributed by atoms with Crippen molar-refractivity contribution in [2.75, 3.05) is 0 Å². The summed E-state index contributed by atoms with van der Waals surface area (Å²) in [6, 6.07) is 10.4. The van der Waals surface area contributed by atoms with Gasteiger partial charge in [0.1, 0.15) is 10.4 Å². The molecule has 1 saturated carbocycles. The second kappa shape index (κ2) is 4.42. The topological polar surface area (TPSA) is 50.2 Å². The van der Waals surface area contributed by atoms with E-state index in [1.165, 1.54) is 5.56 Å². The van der Waals surface area contributed by atoms with E-state index in [2.05, 4.69) is 17.1 Å². The zero-order chi connectivity index (χ0) is 14.4. The molecule has 104 valence electrons. The SMILES string of the molecule is CC(C)(C(=O)O)c1csc(C2(c3ccccc3)CC2)n1. The number of aliphatic carboxylic acids is 1. The van der Waals surface area contributed by atoms with Gasteiger partial charge in [0.2, 0.25) is 0 Å². The normalized spacial score (nSPS) is 16.9. The summed E-state index contributed by atoms with van der Waals surface area (Å²) < 4.78 is 0. The van der Waals surface area contributed by atoms with Gasteiger partial charge in [-0.15, -0.1) is 11.3 Å². The van der Waals surface area contributed by atoms with Crippen LogP contribution in [0.4, 0.5) is 0 Å². The number of carbonyl (C=O) groups is 1. The molecule has 1 fully saturated rings. The Bertz CT molecular complexity index is 642. The Morgan fingerprint density at radius 2 is 1.95 bits per heavy atom. The first-order chi connectivity index (χ1) is 9.47. The summed E-state index contributed by atoms with van der Waals surface area (Å²) >= 11 is 1.58. The monoisotopic (exact) mass is 287 g/mol. The number of benzene rings is 1. The predicted octanol–water partition coefficient (Wildman–Crippen LogP) is 3.59. The summed E-state index contributed by atoms with van der Waals surface area (Å²) in [7, 11) is 0. The second-order valence-electron chi connectivity index (χ2n) is 5.92. The largest absolute Gasteiger partial charge is 0.481 e. The highest BCUT2D eigenvalue weighted by molar-refractivity contribution is 7.10. The molecule has 2 aromatic rings. The van der Waals surface area contributed by atoms with Crippen molar-refractivity contribution < 1.29 is 9.90 Å². The van der Waals surface area contributed by atoms with Crippen LogP contribution in [0.5, 0.6) is 0 Å². The van der Waals surface area contributed by atoms with E-state index in [-0.39, 0.29) is 5.41 Å². The van der Waals surface area contributed by atoms with E-state index in [1.54, 1.807) is 25.2 Å². The Balaban J connectivity index is 1.98. The fourth-order valence-corrected chi connectivity index (χ4v) is 3.67. The minimum atomic E-state index is -0.929. The van der Waals surface area contributed by atoms with E-state index < -0.39 is 11.4 Å². The first-order valence-electron chi connectivity index (χ1n) is 6.72. The van der Waals surface area contributed by atoms with Crippen LogP contribution in [-0.2, 0) is 15.6 Å². The van der Waals surface area contributed by atoms with Crippen molar-refractivity contribution in [2.45, 2.75) is 37.5 Å². The molecule has 0 bridgehead atoms. The fourth-order valence-electron chi connectivity index (χ4n) is 2.40. The predicted molar refractivity (Wildman–Crippen MR) is 79.2 cm³/mol. The molecule has 1 aromatic carbocycles. The number of nitrogens with zero attached hydrogens (tertiary/aromatic N) is 1. The van der Waals surface area contributed by atoms with E-state index in [4.69, 9.17) is 0 Å². The van der Waals surface area contributed by atoms with Crippen LogP contribution in [0.25, 0.3) is 0 Å². The van der Waals surface area contributed by atoms with Gasteiger partial charge in [-0.25, -0.2) is 4.98 Å². The molecule has 1 aliphatic rings. The summed E-state index contributed by atoms with van der Waals surface area (Å²) in [5.41, 5.74) is 1.04. The molecule has 0 unspecified atom stereocenters. The number of rotatable bonds is 4. The Labute approximate surface area is 122 Å². The zero-order valence-corrected chi connectivity index (χ0v) is 12.4. The van der Waals surface area contributed by atoms with E-state index in [0.29, 0.717) is 5.69 Å². The van der Waals surface area contributed by atoms with Crippen molar-refractivity contribution in [3.8, 4) is 0 Å². The number of carboxylic acid groups (broad SMARTS) is 1. The average molecular weight is 287 g/mol. The molecule has 0 amide bonds. The van der Waals surface area contributed by atoms with E-state index in [0.717, 1.165) is 17.8 Å². The molecule has 3 nitrogen and oxygen atoms in total.